The van der Waals surface area contributed by atoms with Crippen molar-refractivity contribution in [1.29, 1.82) is 0 Å². The van der Waals surface area contributed by atoms with Crippen LogP contribution in [-0.4, -0.2) is 33.2 Å². The molecule has 0 unspecified atom stereocenters. The van der Waals surface area contributed by atoms with Gasteiger partial charge in [0.15, 0.2) is 16.4 Å². The maximum absolute atomic E-state index is 11.9. The van der Waals surface area contributed by atoms with E-state index >= 15 is 0 Å². The molecule has 24 heavy (non-hydrogen) atoms. The van der Waals surface area contributed by atoms with E-state index in [1.165, 1.54) is 12.1 Å². The molecule has 0 aliphatic heterocycles. The van der Waals surface area contributed by atoms with Crippen LogP contribution in [0.5, 0.6) is 5.75 Å². The fraction of sp³-hybridized carbons (Fsp3) is 0.353. The lowest BCUT2D eigenvalue weighted by molar-refractivity contribution is -0.123. The van der Waals surface area contributed by atoms with Gasteiger partial charge >= 0.3 is 0 Å². The molecule has 1 aromatic heterocycles. The Kier molecular flexibility index (Phi) is 6.03. The molecule has 2 aromatic rings. The monoisotopic (exact) mass is 351 g/mol. The van der Waals surface area contributed by atoms with Crippen molar-refractivity contribution in [1.82, 2.24) is 5.32 Å². The van der Waals surface area contributed by atoms with E-state index in [0.29, 0.717) is 5.75 Å². The number of ether oxygens (including phenoxy) is 1. The molecule has 0 aliphatic rings. The summed E-state index contributed by atoms with van der Waals surface area (Å²) < 4.78 is 33.6. The fourth-order valence-electron chi connectivity index (χ4n) is 2.15. The van der Waals surface area contributed by atoms with Gasteiger partial charge in [0, 0.05) is 18.7 Å². The molecule has 0 saturated heterocycles. The summed E-state index contributed by atoms with van der Waals surface area (Å²) in [4.78, 5) is 12.1. The number of hydrogen-bond acceptors (Lipinski definition) is 5. The summed E-state index contributed by atoms with van der Waals surface area (Å²) >= 11 is 0. The smallest absolute Gasteiger partial charge is 0.258 e. The Morgan fingerprint density at radius 3 is 2.75 bits per heavy atom. The van der Waals surface area contributed by atoms with Crippen LogP contribution in [0.25, 0.3) is 0 Å². The van der Waals surface area contributed by atoms with Crippen molar-refractivity contribution in [2.24, 2.45) is 0 Å². The van der Waals surface area contributed by atoms with Gasteiger partial charge in [-0.05, 0) is 43.7 Å². The van der Waals surface area contributed by atoms with Crippen LogP contribution < -0.4 is 10.1 Å². The minimum Gasteiger partial charge on any atom is -0.484 e. The van der Waals surface area contributed by atoms with Gasteiger partial charge in [0.25, 0.3) is 5.91 Å². The Balaban J connectivity index is 1.78. The van der Waals surface area contributed by atoms with Gasteiger partial charge in [0.05, 0.1) is 11.2 Å². The third-order valence-electron chi connectivity index (χ3n) is 3.41. The van der Waals surface area contributed by atoms with Crippen molar-refractivity contribution in [3.63, 3.8) is 0 Å². The van der Waals surface area contributed by atoms with Crippen molar-refractivity contribution in [3.8, 4) is 5.75 Å². The maximum atomic E-state index is 11.9. The number of benzene rings is 1. The summed E-state index contributed by atoms with van der Waals surface area (Å²) in [6, 6.07) is 9.79. The van der Waals surface area contributed by atoms with E-state index in [2.05, 4.69) is 5.32 Å². The quantitative estimate of drug-likeness (QED) is 0.788. The molecule has 0 saturated carbocycles. The largest absolute Gasteiger partial charge is 0.484 e. The third-order valence-corrected chi connectivity index (χ3v) is 4.53. The van der Waals surface area contributed by atoms with E-state index in [0.717, 1.165) is 24.9 Å². The lowest BCUT2D eigenvalue weighted by Crippen LogP contribution is -2.36. The number of sulfone groups is 1. The van der Waals surface area contributed by atoms with Gasteiger partial charge in [-0.25, -0.2) is 8.42 Å². The average Bonchev–Trinajstić information content (AvgIpc) is 3.04. The second-order valence-corrected chi connectivity index (χ2v) is 7.64. The Hall–Kier alpha value is -2.28. The average molecular weight is 351 g/mol. The van der Waals surface area contributed by atoms with Gasteiger partial charge in [0.1, 0.15) is 11.5 Å². The number of furan rings is 1. The van der Waals surface area contributed by atoms with E-state index in [4.69, 9.17) is 9.15 Å². The van der Waals surface area contributed by atoms with Crippen LogP contribution in [0.3, 0.4) is 0 Å². The third kappa shape index (κ3) is 5.73. The van der Waals surface area contributed by atoms with Gasteiger partial charge in [-0.1, -0.05) is 6.07 Å². The molecule has 1 atom stereocenters. The minimum absolute atomic E-state index is 0.0199. The van der Waals surface area contributed by atoms with Gasteiger partial charge in [0.2, 0.25) is 0 Å². The highest BCUT2D eigenvalue weighted by atomic mass is 32.2. The lowest BCUT2D eigenvalue weighted by Gasteiger charge is -2.14. The maximum Gasteiger partial charge on any atom is 0.258 e. The molecule has 0 spiro atoms. The highest BCUT2D eigenvalue weighted by molar-refractivity contribution is 7.90. The molecule has 7 heteroatoms. The van der Waals surface area contributed by atoms with Gasteiger partial charge in [-0.15, -0.1) is 0 Å². The van der Waals surface area contributed by atoms with Crippen LogP contribution in [-0.2, 0) is 21.1 Å². The minimum atomic E-state index is -3.30. The van der Waals surface area contributed by atoms with Crippen LogP contribution >= 0.6 is 0 Å². The van der Waals surface area contributed by atoms with Crippen molar-refractivity contribution in [2.45, 2.75) is 30.7 Å². The van der Waals surface area contributed by atoms with Crippen molar-refractivity contribution in [2.75, 3.05) is 12.9 Å². The van der Waals surface area contributed by atoms with Crippen LogP contribution in [0.4, 0.5) is 0 Å². The van der Waals surface area contributed by atoms with Crippen molar-refractivity contribution >= 4 is 15.7 Å². The molecule has 1 N–H and O–H groups in total. The van der Waals surface area contributed by atoms with Gasteiger partial charge < -0.3 is 14.5 Å². The molecule has 0 fully saturated rings. The molecule has 0 aliphatic carbocycles. The molecular formula is C17H21NO5S. The molecule has 1 amide bonds. The summed E-state index contributed by atoms with van der Waals surface area (Å²) in [5.74, 6) is 0.966. The summed E-state index contributed by atoms with van der Waals surface area (Å²) in [7, 11) is -3.30. The van der Waals surface area contributed by atoms with E-state index in [-0.39, 0.29) is 23.5 Å². The van der Waals surface area contributed by atoms with Crippen LogP contribution in [0.2, 0.25) is 0 Å². The highest BCUT2D eigenvalue weighted by Gasteiger charge is 2.11. The molecule has 6 nitrogen and oxygen atoms in total. The number of hydrogen-bond donors (Lipinski definition) is 1. The van der Waals surface area contributed by atoms with E-state index in [1.807, 2.05) is 19.1 Å². The predicted octanol–water partition coefficient (Wildman–Crippen LogP) is 2.20. The molecule has 0 bridgehead atoms. The summed E-state index contributed by atoms with van der Waals surface area (Å²) in [6.07, 6.45) is 4.24. The second kappa shape index (κ2) is 8.01. The van der Waals surface area contributed by atoms with Gasteiger partial charge in [-0.2, -0.15) is 0 Å². The first-order chi connectivity index (χ1) is 11.3. The van der Waals surface area contributed by atoms with Gasteiger partial charge in [-0.3, -0.25) is 4.79 Å². The van der Waals surface area contributed by atoms with Crippen molar-refractivity contribution in [3.05, 3.63) is 48.4 Å². The van der Waals surface area contributed by atoms with E-state index < -0.39 is 9.84 Å². The Bertz CT molecular complexity index is 768. The first-order valence-corrected chi connectivity index (χ1v) is 9.48. The van der Waals surface area contributed by atoms with Crippen LogP contribution in [0, 0.1) is 0 Å². The number of rotatable bonds is 8. The summed E-state index contributed by atoms with van der Waals surface area (Å²) in [5, 5.41) is 2.83. The van der Waals surface area contributed by atoms with E-state index in [1.54, 1.807) is 18.4 Å². The zero-order valence-corrected chi connectivity index (χ0v) is 14.5. The highest BCUT2D eigenvalue weighted by Crippen LogP contribution is 2.17. The fourth-order valence-corrected chi connectivity index (χ4v) is 2.80. The number of carbonyl (C=O) groups excluding carboxylic acids is 1. The first-order valence-electron chi connectivity index (χ1n) is 7.59. The summed E-state index contributed by atoms with van der Waals surface area (Å²) in [5.41, 5.74) is 0. The number of aryl methyl sites for hydroxylation is 1. The van der Waals surface area contributed by atoms with Crippen LogP contribution in [0.1, 0.15) is 19.1 Å². The molecule has 1 heterocycles. The van der Waals surface area contributed by atoms with E-state index in [9.17, 15) is 13.2 Å². The molecular weight excluding hydrogens is 330 g/mol. The zero-order valence-electron chi connectivity index (χ0n) is 13.7. The molecule has 2 rings (SSSR count). The summed E-state index contributed by atoms with van der Waals surface area (Å²) in [6.45, 7) is 1.74. The molecule has 1 aromatic carbocycles. The number of nitrogens with one attached hydrogen (secondary N) is 1. The standard InChI is InChI=1S/C17H21NO5S/c1-13(8-9-14-6-4-10-22-14)18-17(19)12-23-15-5-3-7-16(11-15)24(2,20)21/h3-7,10-11,13H,8-9,12H2,1-2H3,(H,18,19)/t13-/m1/s1. The predicted molar refractivity (Wildman–Crippen MR) is 89.7 cm³/mol. The number of carbonyl (C=O) groups is 1. The Morgan fingerprint density at radius 1 is 1.29 bits per heavy atom. The normalized spacial score (nSPS) is 12.6. The van der Waals surface area contributed by atoms with Crippen LogP contribution in [0.15, 0.2) is 52.0 Å². The lowest BCUT2D eigenvalue weighted by atomic mass is 10.1. The Morgan fingerprint density at radius 2 is 2.08 bits per heavy atom. The Labute approximate surface area is 141 Å². The second-order valence-electron chi connectivity index (χ2n) is 5.62. The van der Waals surface area contributed by atoms with Crippen molar-refractivity contribution < 1.29 is 22.4 Å². The molecule has 0 radical (unpaired) electrons. The number of amides is 1. The topological polar surface area (TPSA) is 85.6 Å². The zero-order chi connectivity index (χ0) is 17.6. The molecule has 130 valence electrons. The first kappa shape index (κ1) is 18.1. The SMILES string of the molecule is C[C@H](CCc1ccco1)NC(=O)COc1cccc(S(C)(=O)=O)c1.